The molecule has 2 aliphatic rings. The third kappa shape index (κ3) is 4.59. The quantitative estimate of drug-likeness (QED) is 0.794. The van der Waals surface area contributed by atoms with Crippen molar-refractivity contribution in [2.75, 3.05) is 46.8 Å². The molecule has 2 heterocycles. The molecule has 0 saturated carbocycles. The summed E-state index contributed by atoms with van der Waals surface area (Å²) in [6, 6.07) is 12.5. The van der Waals surface area contributed by atoms with Crippen LogP contribution in [0, 0.1) is 5.41 Å². The first-order chi connectivity index (χ1) is 11.4. The van der Waals surface area contributed by atoms with Crippen molar-refractivity contribution in [3.8, 4) is 0 Å². The van der Waals surface area contributed by atoms with Gasteiger partial charge in [-0.05, 0) is 50.9 Å². The topological polar surface area (TPSA) is 9.72 Å². The summed E-state index contributed by atoms with van der Waals surface area (Å²) in [6.45, 7) is 11.0. The van der Waals surface area contributed by atoms with Crippen LogP contribution in [0.1, 0.15) is 32.3 Å². The molecular formula is C21H35N3. The molecule has 0 N–H and O–H groups in total. The molecule has 134 valence electrons. The van der Waals surface area contributed by atoms with Gasteiger partial charge in [0.1, 0.15) is 0 Å². The normalized spacial score (nSPS) is 26.0. The Bertz CT molecular complexity index is 511. The summed E-state index contributed by atoms with van der Waals surface area (Å²) in [7, 11) is 4.39. The minimum atomic E-state index is 0.333. The molecule has 2 fully saturated rings. The van der Waals surface area contributed by atoms with Gasteiger partial charge in [-0.15, -0.1) is 0 Å². The Morgan fingerprint density at radius 1 is 1.12 bits per heavy atom. The van der Waals surface area contributed by atoms with Crippen LogP contribution in [0.3, 0.4) is 0 Å². The zero-order valence-corrected chi connectivity index (χ0v) is 16.0. The largest absolute Gasteiger partial charge is 0.309 e. The Morgan fingerprint density at radius 2 is 1.88 bits per heavy atom. The first kappa shape index (κ1) is 17.9. The summed E-state index contributed by atoms with van der Waals surface area (Å²) in [5.41, 5.74) is 1.81. The molecule has 2 saturated heterocycles. The number of piperazine rings is 1. The zero-order valence-electron chi connectivity index (χ0n) is 16.0. The molecule has 2 atom stereocenters. The van der Waals surface area contributed by atoms with Crippen molar-refractivity contribution in [3.05, 3.63) is 35.9 Å². The van der Waals surface area contributed by atoms with Gasteiger partial charge in [-0.25, -0.2) is 0 Å². The van der Waals surface area contributed by atoms with Crippen LogP contribution in [0.15, 0.2) is 30.3 Å². The highest BCUT2D eigenvalue weighted by molar-refractivity contribution is 5.16. The van der Waals surface area contributed by atoms with Gasteiger partial charge in [-0.3, -0.25) is 9.80 Å². The maximum absolute atomic E-state index is 2.81. The molecule has 0 bridgehead atoms. The van der Waals surface area contributed by atoms with E-state index in [0.29, 0.717) is 11.5 Å². The minimum absolute atomic E-state index is 0.333. The second kappa shape index (κ2) is 7.55. The Kier molecular flexibility index (Phi) is 5.63. The highest BCUT2D eigenvalue weighted by Crippen LogP contribution is 2.29. The molecule has 2 aliphatic heterocycles. The Morgan fingerprint density at radius 3 is 2.58 bits per heavy atom. The molecule has 1 aromatic carbocycles. The fourth-order valence-corrected chi connectivity index (χ4v) is 4.88. The van der Waals surface area contributed by atoms with E-state index in [1.54, 1.807) is 0 Å². The van der Waals surface area contributed by atoms with Gasteiger partial charge in [0.05, 0.1) is 0 Å². The highest BCUT2D eigenvalue weighted by atomic mass is 15.3. The van der Waals surface area contributed by atoms with Crippen LogP contribution in [0.25, 0.3) is 0 Å². The minimum Gasteiger partial charge on any atom is -0.309 e. The van der Waals surface area contributed by atoms with Gasteiger partial charge >= 0.3 is 0 Å². The Labute approximate surface area is 148 Å². The molecule has 3 rings (SSSR count). The fourth-order valence-electron chi connectivity index (χ4n) is 4.88. The molecule has 24 heavy (non-hydrogen) atoms. The average molecular weight is 330 g/mol. The molecule has 0 aromatic heterocycles. The van der Waals surface area contributed by atoms with Crippen LogP contribution < -0.4 is 0 Å². The van der Waals surface area contributed by atoms with Crippen LogP contribution in [0.2, 0.25) is 0 Å². The number of hydrogen-bond donors (Lipinski definition) is 0. The smallest absolute Gasteiger partial charge is 0.0264 e. The van der Waals surface area contributed by atoms with Crippen molar-refractivity contribution in [1.82, 2.24) is 14.7 Å². The lowest BCUT2D eigenvalue weighted by Gasteiger charge is -2.47. The summed E-state index contributed by atoms with van der Waals surface area (Å²) in [5.74, 6) is 0. The number of nitrogens with zero attached hydrogens (tertiary/aromatic N) is 3. The molecule has 1 aromatic rings. The molecular weight excluding hydrogens is 294 g/mol. The first-order valence-electron chi connectivity index (χ1n) is 9.60. The summed E-state index contributed by atoms with van der Waals surface area (Å²) in [4.78, 5) is 7.89. The van der Waals surface area contributed by atoms with Gasteiger partial charge in [0.15, 0.2) is 0 Å². The molecule has 0 spiro atoms. The maximum atomic E-state index is 2.81. The predicted molar refractivity (Wildman–Crippen MR) is 102 cm³/mol. The number of rotatable bonds is 6. The lowest BCUT2D eigenvalue weighted by atomic mass is 9.89. The third-order valence-corrected chi connectivity index (χ3v) is 5.60. The van der Waals surface area contributed by atoms with Gasteiger partial charge < -0.3 is 4.90 Å². The monoisotopic (exact) mass is 329 g/mol. The number of hydrogen-bond acceptors (Lipinski definition) is 3. The molecule has 0 amide bonds. The van der Waals surface area contributed by atoms with E-state index in [0.717, 1.165) is 12.6 Å². The van der Waals surface area contributed by atoms with Crippen molar-refractivity contribution in [3.63, 3.8) is 0 Å². The van der Waals surface area contributed by atoms with E-state index in [4.69, 9.17) is 0 Å². The van der Waals surface area contributed by atoms with Crippen molar-refractivity contribution in [2.45, 2.75) is 45.2 Å². The maximum Gasteiger partial charge on any atom is 0.0264 e. The van der Waals surface area contributed by atoms with E-state index in [1.165, 1.54) is 51.0 Å². The number of benzene rings is 1. The van der Waals surface area contributed by atoms with Gasteiger partial charge in [0.25, 0.3) is 0 Å². The van der Waals surface area contributed by atoms with Gasteiger partial charge in [-0.2, -0.15) is 0 Å². The van der Waals surface area contributed by atoms with Crippen molar-refractivity contribution in [2.24, 2.45) is 5.41 Å². The third-order valence-electron chi connectivity index (χ3n) is 5.60. The van der Waals surface area contributed by atoms with Crippen LogP contribution in [-0.4, -0.2) is 73.6 Å². The molecule has 0 unspecified atom stereocenters. The molecule has 3 nitrogen and oxygen atoms in total. The Balaban J connectivity index is 1.71. The SMILES string of the molecule is CN(C)CC(C)(C)CN1C[C@@H]2CCCN2C[C@H]1Cc1ccccc1. The standard InChI is InChI=1S/C21H35N3/c1-21(2,16-22(3)4)17-24-14-19-11-8-12-23(19)15-20(24)13-18-9-6-5-7-10-18/h5-7,9-10,19-20H,8,11-17H2,1-4H3/t19-,20+/m0/s1. The molecule has 0 radical (unpaired) electrons. The van der Waals surface area contributed by atoms with E-state index in [2.05, 4.69) is 73.0 Å². The van der Waals surface area contributed by atoms with Crippen LogP contribution in [-0.2, 0) is 6.42 Å². The van der Waals surface area contributed by atoms with Crippen molar-refractivity contribution < 1.29 is 0 Å². The van der Waals surface area contributed by atoms with E-state index in [9.17, 15) is 0 Å². The summed E-state index contributed by atoms with van der Waals surface area (Å²) in [6.07, 6.45) is 3.96. The van der Waals surface area contributed by atoms with Gasteiger partial charge in [0, 0.05) is 38.3 Å². The predicted octanol–water partition coefficient (Wildman–Crippen LogP) is 2.97. The summed E-state index contributed by atoms with van der Waals surface area (Å²) < 4.78 is 0. The van der Waals surface area contributed by atoms with Crippen LogP contribution in [0.5, 0.6) is 0 Å². The average Bonchev–Trinajstić information content (AvgIpc) is 2.94. The number of fused-ring (bicyclic) bond motifs is 1. The Hall–Kier alpha value is -0.900. The lowest BCUT2D eigenvalue weighted by molar-refractivity contribution is 0.0207. The van der Waals surface area contributed by atoms with E-state index >= 15 is 0 Å². The summed E-state index contributed by atoms with van der Waals surface area (Å²) in [5, 5.41) is 0. The second-order valence-electron chi connectivity index (χ2n) is 8.97. The highest BCUT2D eigenvalue weighted by Gasteiger charge is 2.38. The molecule has 3 heteroatoms. The van der Waals surface area contributed by atoms with Gasteiger partial charge in [-0.1, -0.05) is 44.2 Å². The van der Waals surface area contributed by atoms with Crippen molar-refractivity contribution >= 4 is 0 Å². The van der Waals surface area contributed by atoms with Crippen molar-refractivity contribution in [1.29, 1.82) is 0 Å². The summed E-state index contributed by atoms with van der Waals surface area (Å²) >= 11 is 0. The van der Waals surface area contributed by atoms with E-state index < -0.39 is 0 Å². The zero-order chi connectivity index (χ0) is 17.2. The fraction of sp³-hybridized carbons (Fsp3) is 0.714. The van der Waals surface area contributed by atoms with Crippen LogP contribution in [0.4, 0.5) is 0 Å². The lowest BCUT2D eigenvalue weighted by Crippen LogP contribution is -2.59. The molecule has 0 aliphatic carbocycles. The van der Waals surface area contributed by atoms with E-state index in [-0.39, 0.29) is 0 Å². The van der Waals surface area contributed by atoms with Crippen LogP contribution >= 0.6 is 0 Å². The first-order valence-corrected chi connectivity index (χ1v) is 9.60. The van der Waals surface area contributed by atoms with Gasteiger partial charge in [0.2, 0.25) is 0 Å². The van der Waals surface area contributed by atoms with E-state index in [1.807, 2.05) is 0 Å². The second-order valence-corrected chi connectivity index (χ2v) is 8.97.